The van der Waals surface area contributed by atoms with Crippen molar-refractivity contribution in [1.29, 1.82) is 0 Å². The summed E-state index contributed by atoms with van der Waals surface area (Å²) in [6, 6.07) is 2.37. The maximum Gasteiger partial charge on any atom is 0.259 e. The Balaban J connectivity index is 0.00000200. The Bertz CT molecular complexity index is 594. The van der Waals surface area contributed by atoms with Gasteiger partial charge in [0.15, 0.2) is 17.5 Å². The summed E-state index contributed by atoms with van der Waals surface area (Å²) in [6.07, 6.45) is 0.597. The third-order valence-electron chi connectivity index (χ3n) is 2.69. The number of hydrogen-bond acceptors (Lipinski definition) is 4. The van der Waals surface area contributed by atoms with Crippen LogP contribution in [0.1, 0.15) is 12.7 Å². The smallest absolute Gasteiger partial charge is 0.259 e. The van der Waals surface area contributed by atoms with E-state index in [0.717, 1.165) is 12.1 Å². The summed E-state index contributed by atoms with van der Waals surface area (Å²) in [4.78, 5) is 4.19. The van der Waals surface area contributed by atoms with Gasteiger partial charge in [-0.15, -0.1) is 12.4 Å². The highest BCUT2D eigenvalue weighted by Crippen LogP contribution is 2.26. The fraction of sp³-hybridized carbons (Fsp3) is 0.333. The first-order chi connectivity index (χ1) is 9.01. The zero-order valence-electron chi connectivity index (χ0n) is 10.8. The van der Waals surface area contributed by atoms with E-state index < -0.39 is 11.6 Å². The zero-order chi connectivity index (χ0) is 14.0. The molecule has 0 aliphatic carbocycles. The van der Waals surface area contributed by atoms with Gasteiger partial charge in [0, 0.05) is 16.0 Å². The zero-order valence-corrected chi connectivity index (χ0v) is 13.8. The number of benzene rings is 1. The van der Waals surface area contributed by atoms with Gasteiger partial charge < -0.3 is 9.84 Å². The molecule has 2 aromatic rings. The van der Waals surface area contributed by atoms with Crippen LogP contribution in [0.15, 0.2) is 16.7 Å². The Kier molecular flexibility index (Phi) is 6.28. The van der Waals surface area contributed by atoms with E-state index in [9.17, 15) is 8.78 Å². The fourth-order valence-electron chi connectivity index (χ4n) is 1.51. The lowest BCUT2D eigenvalue weighted by atomic mass is 10.2. The lowest BCUT2D eigenvalue weighted by molar-refractivity contribution is 0.417. The molecule has 1 N–H and O–H groups in total. The van der Waals surface area contributed by atoms with Crippen molar-refractivity contribution in [3.8, 4) is 11.5 Å². The third kappa shape index (κ3) is 3.86. The second-order valence-corrected chi connectivity index (χ2v) is 5.32. The normalized spacial score (nSPS) is 12.1. The van der Waals surface area contributed by atoms with E-state index in [0.29, 0.717) is 21.4 Å². The molecule has 0 aliphatic heterocycles. The molecule has 8 heteroatoms. The van der Waals surface area contributed by atoms with Gasteiger partial charge in [0.2, 0.25) is 0 Å². The van der Waals surface area contributed by atoms with E-state index in [1.165, 1.54) is 0 Å². The van der Waals surface area contributed by atoms with Crippen LogP contribution >= 0.6 is 35.0 Å². The van der Waals surface area contributed by atoms with Crippen molar-refractivity contribution in [3.63, 3.8) is 0 Å². The van der Waals surface area contributed by atoms with E-state index in [1.54, 1.807) is 0 Å². The maximum absolute atomic E-state index is 13.2. The van der Waals surface area contributed by atoms with E-state index in [-0.39, 0.29) is 24.3 Å². The number of likely N-dealkylation sites (N-methyl/N-ethyl adjacent to an activating group) is 1. The molecule has 20 heavy (non-hydrogen) atoms. The van der Waals surface area contributed by atoms with Crippen LogP contribution in [0.4, 0.5) is 8.78 Å². The highest BCUT2D eigenvalue weighted by Gasteiger charge is 2.16. The van der Waals surface area contributed by atoms with Crippen LogP contribution in [0.3, 0.4) is 0 Å². The molecular weight excluding hydrogens is 403 g/mol. The number of nitrogens with one attached hydrogen (secondary N) is 1. The topological polar surface area (TPSA) is 51.0 Å². The van der Waals surface area contributed by atoms with Crippen molar-refractivity contribution in [1.82, 2.24) is 15.5 Å². The van der Waals surface area contributed by atoms with Crippen LogP contribution in [0, 0.1) is 15.2 Å². The van der Waals surface area contributed by atoms with Crippen molar-refractivity contribution in [2.45, 2.75) is 19.4 Å². The van der Waals surface area contributed by atoms with Gasteiger partial charge in [-0.25, -0.2) is 8.78 Å². The molecule has 1 atom stereocenters. The van der Waals surface area contributed by atoms with Gasteiger partial charge in [0.1, 0.15) is 0 Å². The highest BCUT2D eigenvalue weighted by atomic mass is 127. The van der Waals surface area contributed by atoms with Gasteiger partial charge in [0.05, 0.1) is 5.56 Å². The van der Waals surface area contributed by atoms with Crippen LogP contribution in [-0.4, -0.2) is 23.2 Å². The van der Waals surface area contributed by atoms with Gasteiger partial charge in [-0.2, -0.15) is 4.98 Å². The first kappa shape index (κ1) is 17.3. The predicted octanol–water partition coefficient (Wildman–Crippen LogP) is 3.19. The quantitative estimate of drug-likeness (QED) is 0.616. The highest BCUT2D eigenvalue weighted by molar-refractivity contribution is 14.1. The monoisotopic (exact) mass is 415 g/mol. The molecule has 2 rings (SSSR count). The minimum absolute atomic E-state index is 0. The van der Waals surface area contributed by atoms with E-state index in [1.807, 2.05) is 36.6 Å². The fourth-order valence-corrected chi connectivity index (χ4v) is 2.17. The summed E-state index contributed by atoms with van der Waals surface area (Å²) >= 11 is 1.90. The van der Waals surface area contributed by atoms with Crippen LogP contribution in [0.25, 0.3) is 11.5 Å². The first-order valence-electron chi connectivity index (χ1n) is 5.66. The molecular formula is C12H13ClF2IN3O. The number of halogens is 4. The molecule has 0 aliphatic rings. The van der Waals surface area contributed by atoms with Crippen LogP contribution in [0.5, 0.6) is 0 Å². The number of rotatable bonds is 4. The van der Waals surface area contributed by atoms with Gasteiger partial charge in [-0.1, -0.05) is 5.16 Å². The lowest BCUT2D eigenvalue weighted by Crippen LogP contribution is -2.24. The molecule has 0 radical (unpaired) electrons. The molecule has 1 aromatic heterocycles. The number of hydrogen-bond donors (Lipinski definition) is 1. The Labute approximate surface area is 134 Å². The molecule has 110 valence electrons. The summed E-state index contributed by atoms with van der Waals surface area (Å²) in [7, 11) is 1.84. The SMILES string of the molecule is CNC(C)Cc1noc(-c2cc(F)c(F)cc2I)n1.Cl. The Morgan fingerprint density at radius 1 is 1.35 bits per heavy atom. The van der Waals surface area contributed by atoms with Gasteiger partial charge in [-0.3, -0.25) is 0 Å². The minimum Gasteiger partial charge on any atom is -0.334 e. The molecule has 1 aromatic carbocycles. The van der Waals surface area contributed by atoms with Crippen molar-refractivity contribution in [3.05, 3.63) is 33.2 Å². The molecule has 1 unspecified atom stereocenters. The third-order valence-corrected chi connectivity index (χ3v) is 3.58. The standard InChI is InChI=1S/C12H12F2IN3O.ClH/c1-6(16-2)3-11-17-12(19-18-11)7-4-8(13)9(14)5-10(7)15;/h4-6,16H,3H2,1-2H3;1H. The second-order valence-electron chi connectivity index (χ2n) is 4.16. The molecule has 4 nitrogen and oxygen atoms in total. The van der Waals surface area contributed by atoms with Crippen molar-refractivity contribution in [2.24, 2.45) is 0 Å². The summed E-state index contributed by atoms with van der Waals surface area (Å²) in [5.74, 6) is -1.10. The Morgan fingerprint density at radius 3 is 2.65 bits per heavy atom. The Morgan fingerprint density at radius 2 is 2.00 bits per heavy atom. The van der Waals surface area contributed by atoms with Crippen LogP contribution in [-0.2, 0) is 6.42 Å². The number of aromatic nitrogens is 2. The molecule has 0 saturated heterocycles. The predicted molar refractivity (Wildman–Crippen MR) is 81.8 cm³/mol. The second kappa shape index (κ2) is 7.28. The lowest BCUT2D eigenvalue weighted by Gasteiger charge is -2.04. The summed E-state index contributed by atoms with van der Waals surface area (Å²) in [5.41, 5.74) is 0.398. The van der Waals surface area contributed by atoms with E-state index in [4.69, 9.17) is 4.52 Å². The average molecular weight is 416 g/mol. The molecule has 0 spiro atoms. The van der Waals surface area contributed by atoms with Gasteiger partial charge in [0.25, 0.3) is 5.89 Å². The van der Waals surface area contributed by atoms with Crippen molar-refractivity contribution < 1.29 is 13.3 Å². The minimum atomic E-state index is -0.932. The van der Waals surface area contributed by atoms with E-state index >= 15 is 0 Å². The van der Waals surface area contributed by atoms with Gasteiger partial charge >= 0.3 is 0 Å². The molecule has 0 saturated carbocycles. The Hall–Kier alpha value is -0.800. The average Bonchev–Trinajstić information content (AvgIpc) is 2.82. The van der Waals surface area contributed by atoms with Gasteiger partial charge in [-0.05, 0) is 48.7 Å². The number of nitrogens with zero attached hydrogens (tertiary/aromatic N) is 2. The molecule has 0 amide bonds. The molecule has 0 bridgehead atoms. The maximum atomic E-state index is 13.2. The molecule has 0 fully saturated rings. The van der Waals surface area contributed by atoms with E-state index in [2.05, 4.69) is 15.5 Å². The summed E-state index contributed by atoms with van der Waals surface area (Å²) < 4.78 is 31.9. The largest absolute Gasteiger partial charge is 0.334 e. The van der Waals surface area contributed by atoms with Crippen LogP contribution in [0.2, 0.25) is 0 Å². The molecule has 1 heterocycles. The van der Waals surface area contributed by atoms with Crippen LogP contribution < -0.4 is 5.32 Å². The summed E-state index contributed by atoms with van der Waals surface area (Å²) in [5, 5.41) is 6.89. The van der Waals surface area contributed by atoms with Crippen molar-refractivity contribution in [2.75, 3.05) is 7.05 Å². The first-order valence-corrected chi connectivity index (χ1v) is 6.74. The summed E-state index contributed by atoms with van der Waals surface area (Å²) in [6.45, 7) is 1.98. The van der Waals surface area contributed by atoms with Crippen molar-refractivity contribution >= 4 is 35.0 Å².